The van der Waals surface area contributed by atoms with Crippen LogP contribution in [0.25, 0.3) is 4.96 Å². The Balaban J connectivity index is 2.78. The predicted molar refractivity (Wildman–Crippen MR) is 41.6 cm³/mol. The summed E-state index contributed by atoms with van der Waals surface area (Å²) in [5, 5.41) is 1.86. The van der Waals surface area contributed by atoms with Crippen LogP contribution >= 0.6 is 11.3 Å². The van der Waals surface area contributed by atoms with Gasteiger partial charge in [-0.25, -0.2) is 4.98 Å². The number of thiazole rings is 1. The SMILES string of the molecule is NC(=O)c1cnc2sccn12. The van der Waals surface area contributed by atoms with Gasteiger partial charge < -0.3 is 5.73 Å². The number of imidazole rings is 1. The second-order valence-electron chi connectivity index (χ2n) is 2.06. The molecule has 2 aromatic rings. The largest absolute Gasteiger partial charge is 0.364 e. The van der Waals surface area contributed by atoms with Gasteiger partial charge in [-0.2, -0.15) is 0 Å². The van der Waals surface area contributed by atoms with Crippen LogP contribution in [0.2, 0.25) is 0 Å². The molecule has 0 radical (unpaired) electrons. The van der Waals surface area contributed by atoms with Crippen LogP contribution in [0.4, 0.5) is 0 Å². The molecule has 0 aliphatic heterocycles. The van der Waals surface area contributed by atoms with E-state index in [1.165, 1.54) is 17.5 Å². The Morgan fingerprint density at radius 2 is 2.55 bits per heavy atom. The molecule has 2 aromatic heterocycles. The van der Waals surface area contributed by atoms with Gasteiger partial charge in [-0.05, 0) is 0 Å². The predicted octanol–water partition coefficient (Wildman–Crippen LogP) is 0.495. The van der Waals surface area contributed by atoms with Gasteiger partial charge in [0.05, 0.1) is 6.20 Å². The highest BCUT2D eigenvalue weighted by Crippen LogP contribution is 2.11. The Kier molecular flexibility index (Phi) is 1.19. The van der Waals surface area contributed by atoms with Crippen LogP contribution in [0.1, 0.15) is 10.5 Å². The van der Waals surface area contributed by atoms with Crippen LogP contribution in [0.15, 0.2) is 17.8 Å². The number of hydrogen-bond donors (Lipinski definition) is 1. The molecule has 1 amide bonds. The van der Waals surface area contributed by atoms with E-state index in [0.29, 0.717) is 5.69 Å². The lowest BCUT2D eigenvalue weighted by Gasteiger charge is -1.88. The highest BCUT2D eigenvalue weighted by atomic mass is 32.1. The molecule has 0 unspecified atom stereocenters. The summed E-state index contributed by atoms with van der Waals surface area (Å²) in [7, 11) is 0. The second-order valence-corrected chi connectivity index (χ2v) is 2.94. The summed E-state index contributed by atoms with van der Waals surface area (Å²) in [4.78, 5) is 15.5. The minimum absolute atomic E-state index is 0.432. The number of amides is 1. The molecule has 0 aliphatic carbocycles. The number of hydrogen-bond acceptors (Lipinski definition) is 3. The smallest absolute Gasteiger partial charge is 0.267 e. The van der Waals surface area contributed by atoms with Crippen molar-refractivity contribution >= 4 is 22.2 Å². The van der Waals surface area contributed by atoms with E-state index in [1.54, 1.807) is 10.6 Å². The van der Waals surface area contributed by atoms with E-state index in [1.807, 2.05) is 5.38 Å². The fourth-order valence-electron chi connectivity index (χ4n) is 0.910. The minimum Gasteiger partial charge on any atom is -0.364 e. The zero-order chi connectivity index (χ0) is 7.84. The van der Waals surface area contributed by atoms with E-state index in [0.717, 1.165) is 4.96 Å². The molecule has 11 heavy (non-hydrogen) atoms. The molecule has 0 fully saturated rings. The van der Waals surface area contributed by atoms with Gasteiger partial charge in [0.25, 0.3) is 5.91 Å². The van der Waals surface area contributed by atoms with Crippen LogP contribution in [0.3, 0.4) is 0 Å². The van der Waals surface area contributed by atoms with Crippen molar-refractivity contribution in [3.05, 3.63) is 23.5 Å². The molecule has 0 saturated heterocycles. The van der Waals surface area contributed by atoms with Crippen LogP contribution < -0.4 is 5.73 Å². The van der Waals surface area contributed by atoms with Crippen LogP contribution in [-0.2, 0) is 0 Å². The van der Waals surface area contributed by atoms with Crippen molar-refractivity contribution in [1.82, 2.24) is 9.38 Å². The lowest BCUT2D eigenvalue weighted by molar-refractivity contribution is 0.0995. The number of aromatic nitrogens is 2. The standard InChI is InChI=1S/C6H5N3OS/c7-5(10)4-3-8-6-9(4)1-2-11-6/h1-3H,(H2,7,10). The fraction of sp³-hybridized carbons (Fsp3) is 0. The Hall–Kier alpha value is -1.36. The Labute approximate surface area is 66.3 Å². The van der Waals surface area contributed by atoms with E-state index in [4.69, 9.17) is 5.73 Å². The van der Waals surface area contributed by atoms with Gasteiger partial charge in [-0.15, -0.1) is 11.3 Å². The second kappa shape index (κ2) is 2.06. The normalized spacial score (nSPS) is 10.5. The first kappa shape index (κ1) is 6.36. The molecule has 0 spiro atoms. The van der Waals surface area contributed by atoms with Crippen molar-refractivity contribution in [3.63, 3.8) is 0 Å². The monoisotopic (exact) mass is 167 g/mol. The van der Waals surface area contributed by atoms with Gasteiger partial charge in [0.2, 0.25) is 0 Å². The third-order valence-corrected chi connectivity index (χ3v) is 2.17. The number of primary amides is 1. The van der Waals surface area contributed by atoms with E-state index in [-0.39, 0.29) is 0 Å². The minimum atomic E-state index is -0.448. The Morgan fingerprint density at radius 1 is 1.73 bits per heavy atom. The van der Waals surface area contributed by atoms with Crippen LogP contribution in [-0.4, -0.2) is 15.3 Å². The quantitative estimate of drug-likeness (QED) is 0.672. The summed E-state index contributed by atoms with van der Waals surface area (Å²) in [6, 6.07) is 0. The van der Waals surface area contributed by atoms with Gasteiger partial charge in [0.15, 0.2) is 4.96 Å². The summed E-state index contributed by atoms with van der Waals surface area (Å²) < 4.78 is 1.67. The molecule has 5 heteroatoms. The number of rotatable bonds is 1. The van der Waals surface area contributed by atoms with E-state index in [2.05, 4.69) is 4.98 Å². The maximum atomic E-state index is 10.7. The summed E-state index contributed by atoms with van der Waals surface area (Å²) in [5.41, 5.74) is 5.52. The van der Waals surface area contributed by atoms with E-state index < -0.39 is 5.91 Å². The first-order valence-corrected chi connectivity index (χ1v) is 3.87. The van der Waals surface area contributed by atoms with Crippen molar-refractivity contribution in [2.75, 3.05) is 0 Å². The molecule has 0 saturated carbocycles. The third kappa shape index (κ3) is 0.813. The highest BCUT2D eigenvalue weighted by Gasteiger charge is 2.07. The Morgan fingerprint density at radius 3 is 3.27 bits per heavy atom. The number of nitrogens with two attached hydrogens (primary N) is 1. The van der Waals surface area contributed by atoms with Crippen molar-refractivity contribution in [2.24, 2.45) is 5.73 Å². The number of fused-ring (bicyclic) bond motifs is 1. The van der Waals surface area contributed by atoms with Gasteiger partial charge in [-0.1, -0.05) is 0 Å². The molecule has 56 valence electrons. The van der Waals surface area contributed by atoms with Gasteiger partial charge in [0.1, 0.15) is 5.69 Å². The average molecular weight is 167 g/mol. The fourth-order valence-corrected chi connectivity index (χ4v) is 1.60. The summed E-state index contributed by atoms with van der Waals surface area (Å²) >= 11 is 1.47. The lowest BCUT2D eigenvalue weighted by Crippen LogP contribution is -2.12. The van der Waals surface area contributed by atoms with Crippen LogP contribution in [0.5, 0.6) is 0 Å². The van der Waals surface area contributed by atoms with E-state index in [9.17, 15) is 4.79 Å². The number of carbonyl (C=O) groups excluding carboxylic acids is 1. The van der Waals surface area contributed by atoms with Crippen molar-refractivity contribution < 1.29 is 4.79 Å². The molecule has 4 nitrogen and oxygen atoms in total. The van der Waals surface area contributed by atoms with Gasteiger partial charge in [-0.3, -0.25) is 9.20 Å². The maximum Gasteiger partial charge on any atom is 0.267 e. The third-order valence-electron chi connectivity index (χ3n) is 1.40. The Bertz CT molecular complexity index is 403. The highest BCUT2D eigenvalue weighted by molar-refractivity contribution is 7.15. The molecule has 2 N–H and O–H groups in total. The van der Waals surface area contributed by atoms with Gasteiger partial charge in [0, 0.05) is 11.6 Å². The molecule has 0 aromatic carbocycles. The number of nitrogens with zero attached hydrogens (tertiary/aromatic N) is 2. The summed E-state index contributed by atoms with van der Waals surface area (Å²) in [6.07, 6.45) is 3.25. The molecule has 2 heterocycles. The molecular formula is C6H5N3OS. The average Bonchev–Trinajstić information content (AvgIpc) is 2.41. The zero-order valence-electron chi connectivity index (χ0n) is 5.52. The molecular weight excluding hydrogens is 162 g/mol. The number of carbonyl (C=O) groups is 1. The molecule has 2 rings (SSSR count). The van der Waals surface area contributed by atoms with Crippen molar-refractivity contribution in [1.29, 1.82) is 0 Å². The van der Waals surface area contributed by atoms with E-state index >= 15 is 0 Å². The first-order chi connectivity index (χ1) is 5.29. The first-order valence-electron chi connectivity index (χ1n) is 2.99. The van der Waals surface area contributed by atoms with Crippen molar-refractivity contribution in [2.45, 2.75) is 0 Å². The molecule has 0 atom stereocenters. The molecule has 0 bridgehead atoms. The maximum absolute atomic E-state index is 10.7. The van der Waals surface area contributed by atoms with Gasteiger partial charge >= 0.3 is 0 Å². The summed E-state index contributed by atoms with van der Waals surface area (Å²) in [5.74, 6) is -0.448. The zero-order valence-corrected chi connectivity index (χ0v) is 6.34. The van der Waals surface area contributed by atoms with Crippen molar-refractivity contribution in [3.8, 4) is 0 Å². The molecule has 0 aliphatic rings. The topological polar surface area (TPSA) is 60.4 Å². The summed E-state index contributed by atoms with van der Waals surface area (Å²) in [6.45, 7) is 0. The van der Waals surface area contributed by atoms with Crippen LogP contribution in [0, 0.1) is 0 Å². The lowest BCUT2D eigenvalue weighted by atomic mass is 10.5.